The number of rotatable bonds is 9. The third-order valence-corrected chi connectivity index (χ3v) is 7.88. The predicted molar refractivity (Wildman–Crippen MR) is 189 cm³/mol. The number of anilines is 1. The Balaban J connectivity index is 0.000000199. The van der Waals surface area contributed by atoms with Crippen molar-refractivity contribution in [2.45, 2.75) is 33.4 Å². The Hall–Kier alpha value is -3.39. The molecule has 4 aromatic carbocycles. The Labute approximate surface area is 279 Å². The lowest BCUT2D eigenvalue weighted by Gasteiger charge is -2.22. The molecule has 10 heteroatoms. The number of halogens is 4. The number of benzene rings is 4. The number of carbonyl (C=O) groups is 1. The van der Waals surface area contributed by atoms with E-state index < -0.39 is 0 Å². The molecule has 2 N–H and O–H groups in total. The number of fused-ring (bicyclic) bond motifs is 1. The van der Waals surface area contributed by atoms with Crippen LogP contribution < -0.4 is 10.7 Å². The number of nitrogens with one attached hydrogen (secondary N) is 2. The van der Waals surface area contributed by atoms with E-state index in [-0.39, 0.29) is 0 Å². The minimum absolute atomic E-state index is 0.533. The lowest BCUT2D eigenvalue weighted by molar-refractivity contribution is 0.365. The average molecular weight is 674 g/mol. The van der Waals surface area contributed by atoms with Crippen LogP contribution in [0.3, 0.4) is 0 Å². The van der Waals surface area contributed by atoms with Gasteiger partial charge in [0.25, 0.3) is 0 Å². The summed E-state index contributed by atoms with van der Waals surface area (Å²) in [7, 11) is 3.82. The molecule has 0 fully saturated rings. The molecule has 0 bridgehead atoms. The Bertz CT molecular complexity index is 1680. The molecule has 0 aliphatic carbocycles. The first-order valence-corrected chi connectivity index (χ1v) is 15.6. The molecule has 0 unspecified atom stereocenters. The number of allylic oxidation sites excluding steroid dienone is 1. The molecule has 0 radical (unpaired) electrons. The van der Waals surface area contributed by atoms with Gasteiger partial charge in [0, 0.05) is 52.6 Å². The maximum absolute atomic E-state index is 11.1. The number of hydrogen-bond acceptors (Lipinski definition) is 4. The molecule has 44 heavy (non-hydrogen) atoms. The van der Waals surface area contributed by atoms with E-state index >= 15 is 0 Å². The molecular weight excluding hydrogens is 636 g/mol. The number of aromatic nitrogens is 2. The lowest BCUT2D eigenvalue weighted by Crippen LogP contribution is -2.24. The zero-order valence-electron chi connectivity index (χ0n) is 25.2. The number of hydrazine groups is 1. The van der Waals surface area contributed by atoms with Crippen LogP contribution in [0.5, 0.6) is 0 Å². The number of aryl methyl sites for hydroxylation is 1. The highest BCUT2D eigenvalue weighted by atomic mass is 35.5. The van der Waals surface area contributed by atoms with Crippen molar-refractivity contribution in [3.63, 3.8) is 0 Å². The zero-order valence-corrected chi connectivity index (χ0v) is 28.2. The molecule has 0 amide bonds. The van der Waals surface area contributed by atoms with Gasteiger partial charge >= 0.3 is 0 Å². The number of nitrogens with zero attached hydrogens (tertiary/aromatic N) is 3. The van der Waals surface area contributed by atoms with Crippen molar-refractivity contribution in [3.8, 4) is 0 Å². The van der Waals surface area contributed by atoms with Crippen molar-refractivity contribution in [2.75, 3.05) is 19.4 Å². The summed E-state index contributed by atoms with van der Waals surface area (Å²) in [6.07, 6.45) is 5.72. The maximum Gasteiger partial charge on any atom is 0.233 e. The van der Waals surface area contributed by atoms with E-state index in [1.807, 2.05) is 91.5 Å². The van der Waals surface area contributed by atoms with Crippen molar-refractivity contribution < 1.29 is 4.79 Å². The normalized spacial score (nSPS) is 10.6. The van der Waals surface area contributed by atoms with Crippen LogP contribution in [0.25, 0.3) is 11.0 Å². The van der Waals surface area contributed by atoms with Gasteiger partial charge in [-0.2, -0.15) is 0 Å². The minimum atomic E-state index is 0.533. The molecule has 1 aromatic heterocycles. The molecule has 0 saturated carbocycles. The summed E-state index contributed by atoms with van der Waals surface area (Å²) in [5.41, 5.74) is 9.27. The highest BCUT2D eigenvalue weighted by molar-refractivity contribution is 6.35. The van der Waals surface area contributed by atoms with Crippen LogP contribution in [-0.4, -0.2) is 34.9 Å². The minimum Gasteiger partial charge on any atom is -0.381 e. The van der Waals surface area contributed by atoms with Crippen molar-refractivity contribution >= 4 is 69.5 Å². The monoisotopic (exact) mass is 671 g/mol. The van der Waals surface area contributed by atoms with Crippen LogP contribution in [0.1, 0.15) is 30.5 Å². The molecule has 5 aromatic rings. The summed E-state index contributed by atoms with van der Waals surface area (Å²) in [5, 5.41) is 7.85. The van der Waals surface area contributed by atoms with Crippen molar-refractivity contribution in [2.24, 2.45) is 0 Å². The fourth-order valence-electron chi connectivity index (χ4n) is 4.32. The smallest absolute Gasteiger partial charge is 0.233 e. The second-order valence-corrected chi connectivity index (χ2v) is 11.3. The number of hydrogen-bond donors (Lipinski definition) is 2. The molecule has 0 spiro atoms. The summed E-state index contributed by atoms with van der Waals surface area (Å²) >= 11 is 24.1. The topological polar surface area (TPSA) is 54.2 Å². The van der Waals surface area contributed by atoms with Gasteiger partial charge in [-0.1, -0.05) is 102 Å². The summed E-state index contributed by atoms with van der Waals surface area (Å²) in [6, 6.07) is 27.0. The SMILES string of the molecule is C/C=C\N(C)NC.CCc1ccccc1NCc1ccc(Cl)cc1Cl.O=Cn1c2ccccc2n1Cc1ccc(Cl)cc1Cl. The first-order chi connectivity index (χ1) is 21.2. The Morgan fingerprint density at radius 3 is 1.93 bits per heavy atom. The largest absolute Gasteiger partial charge is 0.381 e. The number of para-hydroxylation sites is 3. The Morgan fingerprint density at radius 1 is 0.795 bits per heavy atom. The Kier molecular flexibility index (Phi) is 14.2. The van der Waals surface area contributed by atoms with E-state index in [1.165, 1.54) is 5.56 Å². The highest BCUT2D eigenvalue weighted by Crippen LogP contribution is 2.26. The quantitative estimate of drug-likeness (QED) is 0.121. The molecule has 1 heterocycles. The zero-order chi connectivity index (χ0) is 32.1. The van der Waals surface area contributed by atoms with Crippen LogP contribution in [0.15, 0.2) is 97.2 Å². The van der Waals surface area contributed by atoms with Gasteiger partial charge in [-0.05, 0) is 72.5 Å². The van der Waals surface area contributed by atoms with E-state index in [0.29, 0.717) is 33.2 Å². The average Bonchev–Trinajstić information content (AvgIpc) is 3.01. The summed E-state index contributed by atoms with van der Waals surface area (Å²) in [4.78, 5) is 11.1. The summed E-state index contributed by atoms with van der Waals surface area (Å²) < 4.78 is 3.44. The second kappa shape index (κ2) is 17.8. The third-order valence-electron chi connectivity index (χ3n) is 6.71. The van der Waals surface area contributed by atoms with Gasteiger partial charge in [0.1, 0.15) is 0 Å². The molecular formula is C34H37Cl4N5O. The van der Waals surface area contributed by atoms with Crippen molar-refractivity contribution in [1.82, 2.24) is 19.8 Å². The van der Waals surface area contributed by atoms with E-state index in [2.05, 4.69) is 35.9 Å². The summed E-state index contributed by atoms with van der Waals surface area (Å²) in [5.74, 6) is 0. The molecule has 0 aliphatic rings. The van der Waals surface area contributed by atoms with Gasteiger partial charge in [0.05, 0.1) is 17.6 Å². The van der Waals surface area contributed by atoms with Gasteiger partial charge in [-0.25, -0.2) is 10.1 Å². The van der Waals surface area contributed by atoms with E-state index in [9.17, 15) is 4.79 Å². The van der Waals surface area contributed by atoms with E-state index in [1.54, 1.807) is 22.9 Å². The van der Waals surface area contributed by atoms with Gasteiger partial charge in [-0.15, -0.1) is 0 Å². The number of carbonyl (C=O) groups excluding carboxylic acids is 1. The Morgan fingerprint density at radius 2 is 1.39 bits per heavy atom. The standard InChI is InChI=1S/C15H15Cl2N.C14H10Cl2N2O.C5H12N2/c1-2-11-5-3-4-6-15(11)18-10-12-7-8-13(16)9-14(12)17;15-11-6-5-10(12(16)7-11)8-17-13-3-1-2-4-14(13)18(17)9-19;1-4-5-7(3)6-2/h3-9,18H,2,10H2,1H3;1-7,9H,8H2;4-6H,1-3H3/b;;5-4-. The predicted octanol–water partition coefficient (Wildman–Crippen LogP) is 9.59. The van der Waals surface area contributed by atoms with Crippen LogP contribution in [0.2, 0.25) is 20.1 Å². The van der Waals surface area contributed by atoms with Gasteiger partial charge in [0.15, 0.2) is 0 Å². The molecule has 6 nitrogen and oxygen atoms in total. The third kappa shape index (κ3) is 9.81. The van der Waals surface area contributed by atoms with E-state index in [4.69, 9.17) is 46.4 Å². The van der Waals surface area contributed by atoms with Gasteiger partial charge in [-0.3, -0.25) is 9.48 Å². The fraction of sp³-hybridized carbons (Fsp3) is 0.206. The fourth-order valence-corrected chi connectivity index (χ4v) is 5.26. The molecule has 232 valence electrons. The van der Waals surface area contributed by atoms with E-state index in [0.717, 1.165) is 40.7 Å². The first kappa shape index (κ1) is 35.1. The van der Waals surface area contributed by atoms with Crippen LogP contribution in [0.4, 0.5) is 5.69 Å². The maximum atomic E-state index is 11.1. The molecule has 5 rings (SSSR count). The molecule has 0 aliphatic heterocycles. The van der Waals surface area contributed by atoms with Crippen LogP contribution in [0, 0.1) is 0 Å². The highest BCUT2D eigenvalue weighted by Gasteiger charge is 2.13. The first-order valence-electron chi connectivity index (χ1n) is 14.1. The van der Waals surface area contributed by atoms with Gasteiger partial charge in [0.2, 0.25) is 6.41 Å². The molecule has 0 atom stereocenters. The van der Waals surface area contributed by atoms with Crippen LogP contribution in [-0.2, 0) is 24.3 Å². The molecule has 0 saturated heterocycles. The van der Waals surface area contributed by atoms with Crippen molar-refractivity contribution in [3.05, 3.63) is 134 Å². The van der Waals surface area contributed by atoms with Crippen LogP contribution >= 0.6 is 46.4 Å². The van der Waals surface area contributed by atoms with Crippen molar-refractivity contribution in [1.29, 1.82) is 0 Å². The van der Waals surface area contributed by atoms with Gasteiger partial charge < -0.3 is 10.3 Å². The summed E-state index contributed by atoms with van der Waals surface area (Å²) in [6.45, 7) is 5.36. The lowest BCUT2D eigenvalue weighted by atomic mass is 10.1. The second-order valence-electron chi connectivity index (χ2n) is 9.65.